The normalized spacial score (nSPS) is 12.9. The monoisotopic (exact) mass is 258 g/mol. The molecule has 2 N–H and O–H groups in total. The molecule has 1 rings (SSSR count). The van der Waals surface area contributed by atoms with E-state index in [9.17, 15) is 13.2 Å². The van der Waals surface area contributed by atoms with Crippen LogP contribution < -0.4 is 10.6 Å². The number of nitrogens with zero attached hydrogens (tertiary/aromatic N) is 3. The smallest absolute Gasteiger partial charge is 0.396 e. The van der Waals surface area contributed by atoms with Crippen LogP contribution in [-0.4, -0.2) is 18.1 Å². The average Bonchev–Trinajstić information content (AvgIpc) is 2.27. The fraction of sp³-hybridized carbons (Fsp3) is 0.455. The van der Waals surface area contributed by atoms with Gasteiger partial charge in [-0.2, -0.15) is 18.4 Å². The van der Waals surface area contributed by atoms with Crippen molar-refractivity contribution in [3.63, 3.8) is 0 Å². The van der Waals surface area contributed by atoms with Gasteiger partial charge in [0.05, 0.1) is 30.1 Å². The zero-order chi connectivity index (χ0) is 13.9. The molecule has 4 nitrogen and oxygen atoms in total. The minimum absolute atomic E-state index is 0.148. The van der Waals surface area contributed by atoms with Crippen molar-refractivity contribution in [2.75, 3.05) is 17.7 Å². The number of anilines is 2. The summed E-state index contributed by atoms with van der Waals surface area (Å²) < 4.78 is 37.6. The lowest BCUT2D eigenvalue weighted by atomic mass is 10.2. The van der Waals surface area contributed by atoms with E-state index in [-0.39, 0.29) is 23.8 Å². The molecule has 1 unspecified atom stereocenters. The number of nitrogen functional groups attached to an aromatic ring is 1. The van der Waals surface area contributed by atoms with Crippen molar-refractivity contribution in [2.24, 2.45) is 0 Å². The van der Waals surface area contributed by atoms with E-state index in [1.54, 1.807) is 14.0 Å². The van der Waals surface area contributed by atoms with Crippen LogP contribution in [-0.2, 0) is 6.18 Å². The molecule has 0 bridgehead atoms. The van der Waals surface area contributed by atoms with Gasteiger partial charge in [-0.25, -0.2) is 4.98 Å². The van der Waals surface area contributed by atoms with Crippen LogP contribution in [0.25, 0.3) is 0 Å². The quantitative estimate of drug-likeness (QED) is 0.904. The van der Waals surface area contributed by atoms with Gasteiger partial charge in [-0.1, -0.05) is 0 Å². The van der Waals surface area contributed by atoms with E-state index in [1.165, 1.54) is 4.90 Å². The molecule has 0 saturated carbocycles. The second-order valence-electron chi connectivity index (χ2n) is 3.95. The van der Waals surface area contributed by atoms with E-state index in [0.29, 0.717) is 0 Å². The van der Waals surface area contributed by atoms with E-state index in [2.05, 4.69) is 4.98 Å². The summed E-state index contributed by atoms with van der Waals surface area (Å²) in [6, 6.07) is 2.62. The number of alkyl halides is 3. The molecule has 0 fully saturated rings. The molecule has 7 heteroatoms. The first-order chi connectivity index (χ1) is 8.27. The van der Waals surface area contributed by atoms with Gasteiger partial charge in [-0.3, -0.25) is 0 Å². The van der Waals surface area contributed by atoms with Crippen molar-refractivity contribution in [3.05, 3.63) is 18.0 Å². The number of pyridine rings is 1. The molecule has 0 aliphatic carbocycles. The number of aromatic nitrogens is 1. The third-order valence-corrected chi connectivity index (χ3v) is 2.63. The lowest BCUT2D eigenvalue weighted by Gasteiger charge is -2.26. The highest BCUT2D eigenvalue weighted by atomic mass is 19.4. The molecule has 18 heavy (non-hydrogen) atoms. The molecule has 1 aromatic heterocycles. The highest BCUT2D eigenvalue weighted by Gasteiger charge is 2.33. The maximum absolute atomic E-state index is 12.5. The van der Waals surface area contributed by atoms with Gasteiger partial charge >= 0.3 is 6.18 Å². The summed E-state index contributed by atoms with van der Waals surface area (Å²) in [5.41, 5.74) is 4.99. The highest BCUT2D eigenvalue weighted by molar-refractivity contribution is 5.67. The predicted octanol–water partition coefficient (Wildman–Crippen LogP) is 2.42. The van der Waals surface area contributed by atoms with Crippen molar-refractivity contribution in [1.82, 2.24) is 4.98 Å². The Kier molecular flexibility index (Phi) is 4.01. The van der Waals surface area contributed by atoms with Crippen molar-refractivity contribution in [3.8, 4) is 6.07 Å². The molecule has 1 heterocycles. The van der Waals surface area contributed by atoms with Gasteiger partial charge in [0, 0.05) is 13.1 Å². The maximum Gasteiger partial charge on any atom is 0.433 e. The zero-order valence-electron chi connectivity index (χ0n) is 9.99. The molecule has 0 spiro atoms. The number of rotatable bonds is 3. The molecule has 0 amide bonds. The number of nitriles is 1. The van der Waals surface area contributed by atoms with Gasteiger partial charge in [-0.05, 0) is 13.0 Å². The summed E-state index contributed by atoms with van der Waals surface area (Å²) in [5, 5.41) is 8.59. The van der Waals surface area contributed by atoms with Gasteiger partial charge in [0.1, 0.15) is 5.69 Å². The van der Waals surface area contributed by atoms with Crippen LogP contribution in [0.4, 0.5) is 24.5 Å². The van der Waals surface area contributed by atoms with Crippen LogP contribution >= 0.6 is 0 Å². The van der Waals surface area contributed by atoms with Crippen LogP contribution in [0.1, 0.15) is 19.0 Å². The summed E-state index contributed by atoms with van der Waals surface area (Å²) in [4.78, 5) is 4.79. The highest BCUT2D eigenvalue weighted by Crippen LogP contribution is 2.33. The zero-order valence-corrected chi connectivity index (χ0v) is 9.99. The predicted molar refractivity (Wildman–Crippen MR) is 61.7 cm³/mol. The van der Waals surface area contributed by atoms with E-state index in [1.807, 2.05) is 6.07 Å². The number of halogens is 3. The number of hydrogen-bond donors (Lipinski definition) is 1. The van der Waals surface area contributed by atoms with Crippen molar-refractivity contribution < 1.29 is 13.2 Å². The second kappa shape index (κ2) is 5.12. The summed E-state index contributed by atoms with van der Waals surface area (Å²) in [7, 11) is 1.59. The van der Waals surface area contributed by atoms with Gasteiger partial charge in [0.25, 0.3) is 0 Å². The SMILES string of the molecule is CC(CC#N)N(C)c1cc(C(F)(F)F)ncc1N. The molecule has 1 aromatic rings. The van der Waals surface area contributed by atoms with E-state index in [4.69, 9.17) is 11.0 Å². The van der Waals surface area contributed by atoms with Crippen LogP contribution in [0.3, 0.4) is 0 Å². The Morgan fingerprint density at radius 2 is 2.17 bits per heavy atom. The largest absolute Gasteiger partial charge is 0.433 e. The van der Waals surface area contributed by atoms with Crippen molar-refractivity contribution >= 4 is 11.4 Å². The maximum atomic E-state index is 12.5. The standard InChI is InChI=1S/C11H13F3N4/c1-7(3-4-15)18(2)9-5-10(11(12,13)14)17-6-8(9)16/h5-7H,3,16H2,1-2H3. The first kappa shape index (κ1) is 14.1. The van der Waals surface area contributed by atoms with E-state index in [0.717, 1.165) is 12.3 Å². The molecule has 1 atom stereocenters. The summed E-state index contributed by atoms with van der Waals surface area (Å²) in [6.45, 7) is 1.73. The second-order valence-corrected chi connectivity index (χ2v) is 3.95. The Balaban J connectivity index is 3.12. The molecule has 0 saturated heterocycles. The summed E-state index contributed by atoms with van der Waals surface area (Å²) in [6.07, 6.45) is -3.34. The Morgan fingerprint density at radius 1 is 1.56 bits per heavy atom. The van der Waals surface area contributed by atoms with Crippen LogP contribution in [0.15, 0.2) is 12.3 Å². The third-order valence-electron chi connectivity index (χ3n) is 2.63. The lowest BCUT2D eigenvalue weighted by molar-refractivity contribution is -0.141. The van der Waals surface area contributed by atoms with E-state index >= 15 is 0 Å². The molecule has 0 radical (unpaired) electrons. The fourth-order valence-electron chi connectivity index (χ4n) is 1.42. The van der Waals surface area contributed by atoms with Gasteiger partial charge < -0.3 is 10.6 Å². The summed E-state index contributed by atoms with van der Waals surface area (Å²) >= 11 is 0. The van der Waals surface area contributed by atoms with Gasteiger partial charge in [0.2, 0.25) is 0 Å². The Morgan fingerprint density at radius 3 is 2.67 bits per heavy atom. The molecule has 0 aromatic carbocycles. The first-order valence-electron chi connectivity index (χ1n) is 5.20. The number of nitrogens with two attached hydrogens (primary N) is 1. The minimum Gasteiger partial charge on any atom is -0.396 e. The minimum atomic E-state index is -4.51. The van der Waals surface area contributed by atoms with Crippen molar-refractivity contribution in [2.45, 2.75) is 25.6 Å². The molecular weight excluding hydrogens is 245 g/mol. The van der Waals surface area contributed by atoms with Gasteiger partial charge in [0.15, 0.2) is 0 Å². The Bertz CT molecular complexity index is 464. The molecular formula is C11H13F3N4. The number of hydrogen-bond acceptors (Lipinski definition) is 4. The Hall–Kier alpha value is -1.97. The molecule has 98 valence electrons. The molecule has 0 aliphatic rings. The van der Waals surface area contributed by atoms with Crippen LogP contribution in [0, 0.1) is 11.3 Å². The van der Waals surface area contributed by atoms with Crippen LogP contribution in [0.2, 0.25) is 0 Å². The first-order valence-corrected chi connectivity index (χ1v) is 5.20. The van der Waals surface area contributed by atoms with Crippen molar-refractivity contribution in [1.29, 1.82) is 5.26 Å². The van der Waals surface area contributed by atoms with Crippen LogP contribution in [0.5, 0.6) is 0 Å². The Labute approximate surface area is 103 Å². The topological polar surface area (TPSA) is 65.9 Å². The summed E-state index contributed by atoms with van der Waals surface area (Å²) in [5.74, 6) is 0. The van der Waals surface area contributed by atoms with Gasteiger partial charge in [-0.15, -0.1) is 0 Å². The average molecular weight is 258 g/mol. The lowest BCUT2D eigenvalue weighted by Crippen LogP contribution is -2.29. The van der Waals surface area contributed by atoms with E-state index < -0.39 is 11.9 Å². The third kappa shape index (κ3) is 3.03. The molecule has 0 aliphatic heterocycles. The fourth-order valence-corrected chi connectivity index (χ4v) is 1.42.